The molecule has 0 fully saturated rings. The summed E-state index contributed by atoms with van der Waals surface area (Å²) in [6.07, 6.45) is 8.88. The summed E-state index contributed by atoms with van der Waals surface area (Å²) in [5.74, 6) is 2.78. The van der Waals surface area contributed by atoms with Crippen LogP contribution in [-0.2, 0) is 31.2 Å². The Labute approximate surface area is 241 Å². The Balaban J connectivity index is 1.44. The van der Waals surface area contributed by atoms with Crippen LogP contribution in [0.4, 0.5) is 11.4 Å². The van der Waals surface area contributed by atoms with E-state index in [1.54, 1.807) is 0 Å². The summed E-state index contributed by atoms with van der Waals surface area (Å²) in [5.41, 5.74) is 12.0. The molecular formula is C34H35N3O2S. The molecule has 9 rings (SSSR count). The maximum absolute atomic E-state index is 14.3. The SMILES string of the molecule is O=C1c2ccccc2C2(c3cc4c5c(c3Oc3c2cc2c6c3CCCN6CCC2)CCCN5CCC4)N1CCS. The summed E-state index contributed by atoms with van der Waals surface area (Å²) in [7, 11) is 0. The molecule has 6 aliphatic heterocycles. The van der Waals surface area contributed by atoms with E-state index in [4.69, 9.17) is 17.4 Å². The lowest BCUT2D eigenvalue weighted by Gasteiger charge is -2.49. The topological polar surface area (TPSA) is 36.0 Å². The molecule has 3 aromatic rings. The van der Waals surface area contributed by atoms with Gasteiger partial charge < -0.3 is 19.4 Å². The van der Waals surface area contributed by atoms with E-state index in [1.807, 2.05) is 12.1 Å². The Morgan fingerprint density at radius 1 is 0.750 bits per heavy atom. The van der Waals surface area contributed by atoms with Crippen LogP contribution >= 0.6 is 12.6 Å². The molecule has 0 bridgehead atoms. The average molecular weight is 550 g/mol. The summed E-state index contributed by atoms with van der Waals surface area (Å²) in [5, 5.41) is 0. The highest BCUT2D eigenvalue weighted by molar-refractivity contribution is 7.80. The van der Waals surface area contributed by atoms with Gasteiger partial charge in [-0.2, -0.15) is 12.6 Å². The maximum atomic E-state index is 14.3. The van der Waals surface area contributed by atoms with Gasteiger partial charge in [0.05, 0.1) is 0 Å². The number of amides is 1. The fraction of sp³-hybridized carbons (Fsp3) is 0.441. The van der Waals surface area contributed by atoms with Crippen LogP contribution in [0.1, 0.15) is 75.0 Å². The molecule has 0 aromatic heterocycles. The van der Waals surface area contributed by atoms with Gasteiger partial charge in [-0.1, -0.05) is 18.2 Å². The number of anilines is 2. The van der Waals surface area contributed by atoms with E-state index >= 15 is 0 Å². The van der Waals surface area contributed by atoms with Gasteiger partial charge in [-0.15, -0.1) is 0 Å². The van der Waals surface area contributed by atoms with Crippen LogP contribution in [-0.4, -0.2) is 49.3 Å². The van der Waals surface area contributed by atoms with Crippen molar-refractivity contribution < 1.29 is 9.53 Å². The van der Waals surface area contributed by atoms with Crippen LogP contribution in [0.3, 0.4) is 0 Å². The van der Waals surface area contributed by atoms with Crippen LogP contribution in [0.2, 0.25) is 0 Å². The second-order valence-corrected chi connectivity index (χ2v) is 12.9. The van der Waals surface area contributed by atoms with Crippen molar-refractivity contribution in [3.05, 3.63) is 80.9 Å². The quantitative estimate of drug-likeness (QED) is 0.406. The Kier molecular flexibility index (Phi) is 4.98. The molecule has 0 atom stereocenters. The van der Waals surface area contributed by atoms with Crippen molar-refractivity contribution in [1.82, 2.24) is 4.90 Å². The molecule has 3 aromatic carbocycles. The number of benzene rings is 3. The molecule has 0 saturated carbocycles. The Morgan fingerprint density at radius 3 is 1.88 bits per heavy atom. The Bertz CT molecular complexity index is 1530. The van der Waals surface area contributed by atoms with E-state index in [0.717, 1.165) is 87.3 Å². The molecule has 6 heteroatoms. The van der Waals surface area contributed by atoms with Gasteiger partial charge in [-0.3, -0.25) is 4.79 Å². The average Bonchev–Trinajstić information content (AvgIpc) is 3.23. The molecule has 40 heavy (non-hydrogen) atoms. The van der Waals surface area contributed by atoms with Gasteiger partial charge in [0.2, 0.25) is 0 Å². The zero-order valence-corrected chi connectivity index (χ0v) is 23.9. The van der Waals surface area contributed by atoms with E-state index in [0.29, 0.717) is 12.3 Å². The van der Waals surface area contributed by atoms with Crippen molar-refractivity contribution in [2.24, 2.45) is 0 Å². The number of hydrogen-bond acceptors (Lipinski definition) is 5. The van der Waals surface area contributed by atoms with Gasteiger partial charge in [0.15, 0.2) is 0 Å². The maximum Gasteiger partial charge on any atom is 0.255 e. The van der Waals surface area contributed by atoms with E-state index in [-0.39, 0.29) is 5.91 Å². The first kappa shape index (κ1) is 23.6. The number of rotatable bonds is 2. The van der Waals surface area contributed by atoms with E-state index in [1.165, 1.54) is 57.6 Å². The molecule has 6 aliphatic rings. The van der Waals surface area contributed by atoms with E-state index < -0.39 is 5.54 Å². The first-order chi connectivity index (χ1) is 19.7. The second kappa shape index (κ2) is 8.45. The van der Waals surface area contributed by atoms with Gasteiger partial charge in [0.25, 0.3) is 5.91 Å². The van der Waals surface area contributed by atoms with Gasteiger partial charge in [0, 0.05) is 77.7 Å². The number of ether oxygens (including phenoxy) is 1. The molecule has 5 nitrogen and oxygen atoms in total. The standard InChI is InChI=1S/C34H35N3O2S/c38-33-23-9-1-2-12-26(23)34(37(33)17-18-40)27-19-21-7-3-13-35-15-5-10-24(29(21)35)31(27)39-32-25-11-6-16-36-14-4-8-22(30(25)36)20-28(32)34/h1-2,9,12,19-20,40H,3-8,10-11,13-18H2. The third-order valence-electron chi connectivity index (χ3n) is 10.4. The summed E-state index contributed by atoms with van der Waals surface area (Å²) in [6, 6.07) is 13.2. The van der Waals surface area contributed by atoms with Crippen molar-refractivity contribution in [3.8, 4) is 11.5 Å². The molecule has 1 spiro atoms. The number of thiol groups is 1. The van der Waals surface area contributed by atoms with Crippen molar-refractivity contribution in [3.63, 3.8) is 0 Å². The molecule has 0 aliphatic carbocycles. The fourth-order valence-electron chi connectivity index (χ4n) is 9.06. The first-order valence-corrected chi connectivity index (χ1v) is 15.9. The minimum atomic E-state index is -0.699. The molecular weight excluding hydrogens is 514 g/mol. The van der Waals surface area contributed by atoms with Crippen LogP contribution in [0.5, 0.6) is 11.5 Å². The largest absolute Gasteiger partial charge is 0.456 e. The van der Waals surface area contributed by atoms with Crippen LogP contribution in [0.25, 0.3) is 0 Å². The number of nitrogens with zero attached hydrogens (tertiary/aromatic N) is 3. The van der Waals surface area contributed by atoms with Crippen molar-refractivity contribution in [2.45, 2.75) is 56.9 Å². The van der Waals surface area contributed by atoms with Crippen LogP contribution in [0, 0.1) is 0 Å². The monoisotopic (exact) mass is 549 g/mol. The highest BCUT2D eigenvalue weighted by Gasteiger charge is 2.57. The zero-order chi connectivity index (χ0) is 26.6. The van der Waals surface area contributed by atoms with E-state index in [2.05, 4.69) is 39.0 Å². The lowest BCUT2D eigenvalue weighted by atomic mass is 9.70. The summed E-state index contributed by atoms with van der Waals surface area (Å²) < 4.78 is 7.27. The fourth-order valence-corrected chi connectivity index (χ4v) is 9.26. The molecule has 0 unspecified atom stereocenters. The number of hydrogen-bond donors (Lipinski definition) is 1. The third-order valence-corrected chi connectivity index (χ3v) is 10.6. The van der Waals surface area contributed by atoms with Gasteiger partial charge in [0.1, 0.15) is 17.0 Å². The Hall–Kier alpha value is -3.12. The summed E-state index contributed by atoms with van der Waals surface area (Å²) >= 11 is 4.70. The first-order valence-electron chi connectivity index (χ1n) is 15.3. The molecule has 0 saturated heterocycles. The van der Waals surface area contributed by atoms with Crippen molar-refractivity contribution >= 4 is 29.9 Å². The Morgan fingerprint density at radius 2 is 1.30 bits per heavy atom. The van der Waals surface area contributed by atoms with Crippen LogP contribution in [0.15, 0.2) is 36.4 Å². The van der Waals surface area contributed by atoms with Gasteiger partial charge >= 0.3 is 0 Å². The highest BCUT2D eigenvalue weighted by atomic mass is 32.1. The molecule has 6 heterocycles. The predicted molar refractivity (Wildman–Crippen MR) is 162 cm³/mol. The third kappa shape index (κ3) is 2.83. The number of carbonyl (C=O) groups is 1. The van der Waals surface area contributed by atoms with E-state index in [9.17, 15) is 4.79 Å². The summed E-state index contributed by atoms with van der Waals surface area (Å²) in [4.78, 5) is 21.7. The number of fused-ring (bicyclic) bond motifs is 8. The minimum absolute atomic E-state index is 0.115. The lowest BCUT2D eigenvalue weighted by Crippen LogP contribution is -2.49. The lowest BCUT2D eigenvalue weighted by molar-refractivity contribution is 0.0681. The van der Waals surface area contributed by atoms with Crippen molar-refractivity contribution in [2.75, 3.05) is 48.3 Å². The number of aryl methyl sites for hydroxylation is 2. The number of carbonyl (C=O) groups excluding carboxylic acids is 1. The van der Waals surface area contributed by atoms with Gasteiger partial charge in [-0.05, 0) is 86.3 Å². The van der Waals surface area contributed by atoms with Gasteiger partial charge in [-0.25, -0.2) is 0 Å². The van der Waals surface area contributed by atoms with Crippen molar-refractivity contribution in [1.29, 1.82) is 0 Å². The normalized spacial score (nSPS) is 20.9. The highest BCUT2D eigenvalue weighted by Crippen LogP contribution is 2.62. The minimum Gasteiger partial charge on any atom is -0.456 e. The molecule has 0 radical (unpaired) electrons. The predicted octanol–water partition coefficient (Wildman–Crippen LogP) is 5.87. The molecule has 0 N–H and O–H groups in total. The second-order valence-electron chi connectivity index (χ2n) is 12.4. The van der Waals surface area contributed by atoms with Crippen LogP contribution < -0.4 is 14.5 Å². The molecule has 1 amide bonds. The zero-order valence-electron chi connectivity index (χ0n) is 23.0. The summed E-state index contributed by atoms with van der Waals surface area (Å²) in [6.45, 7) is 5.10. The smallest absolute Gasteiger partial charge is 0.255 e. The molecule has 204 valence electrons.